The Labute approximate surface area is 103 Å². The van der Waals surface area contributed by atoms with Crippen molar-refractivity contribution >= 4 is 28.9 Å². The number of benzene rings is 1. The average Bonchev–Trinajstić information content (AvgIpc) is 2.65. The molecule has 1 heterocycles. The monoisotopic (exact) mass is 247 g/mol. The van der Waals surface area contributed by atoms with Crippen molar-refractivity contribution in [2.45, 2.75) is 12.8 Å². The predicted octanol–water partition coefficient (Wildman–Crippen LogP) is 1.38. The van der Waals surface area contributed by atoms with Crippen LogP contribution in [0.15, 0.2) is 24.3 Å². The molecule has 0 bridgehead atoms. The van der Waals surface area contributed by atoms with Gasteiger partial charge in [0.15, 0.2) is 0 Å². The third-order valence-corrected chi connectivity index (χ3v) is 2.60. The van der Waals surface area contributed by atoms with Gasteiger partial charge in [-0.1, -0.05) is 12.1 Å². The highest BCUT2D eigenvalue weighted by molar-refractivity contribution is 5.92. The highest BCUT2D eigenvalue weighted by atomic mass is 16.4. The first-order chi connectivity index (χ1) is 8.58. The van der Waals surface area contributed by atoms with Crippen LogP contribution < -0.4 is 5.32 Å². The predicted molar refractivity (Wildman–Crippen MR) is 66.2 cm³/mol. The molecule has 1 aromatic heterocycles. The molecule has 0 radical (unpaired) electrons. The number of rotatable bonds is 4. The van der Waals surface area contributed by atoms with Crippen molar-refractivity contribution in [1.82, 2.24) is 9.55 Å². The van der Waals surface area contributed by atoms with Crippen molar-refractivity contribution in [2.75, 3.05) is 5.32 Å². The number of imidazole rings is 1. The smallest absolute Gasteiger partial charge is 0.303 e. The molecule has 0 saturated carbocycles. The van der Waals surface area contributed by atoms with Crippen molar-refractivity contribution in [3.63, 3.8) is 0 Å². The fourth-order valence-electron chi connectivity index (χ4n) is 1.66. The molecule has 1 amide bonds. The highest BCUT2D eigenvalue weighted by Gasteiger charge is 2.11. The summed E-state index contributed by atoms with van der Waals surface area (Å²) in [5.74, 6) is -0.919. The van der Waals surface area contributed by atoms with Gasteiger partial charge in [0.2, 0.25) is 11.9 Å². The summed E-state index contributed by atoms with van der Waals surface area (Å²) in [7, 11) is 1.79. The van der Waals surface area contributed by atoms with Crippen LogP contribution in [0.3, 0.4) is 0 Å². The van der Waals surface area contributed by atoms with Gasteiger partial charge in [-0.15, -0.1) is 0 Å². The molecule has 18 heavy (non-hydrogen) atoms. The highest BCUT2D eigenvalue weighted by Crippen LogP contribution is 2.17. The molecule has 0 fully saturated rings. The summed E-state index contributed by atoms with van der Waals surface area (Å²) in [6.45, 7) is 0. The van der Waals surface area contributed by atoms with E-state index >= 15 is 0 Å². The number of carbonyl (C=O) groups is 2. The Morgan fingerprint density at radius 2 is 2.06 bits per heavy atom. The van der Waals surface area contributed by atoms with Gasteiger partial charge in [-0.3, -0.25) is 14.9 Å². The van der Waals surface area contributed by atoms with Crippen molar-refractivity contribution in [3.8, 4) is 0 Å². The Balaban J connectivity index is 2.14. The van der Waals surface area contributed by atoms with E-state index in [9.17, 15) is 9.59 Å². The maximum absolute atomic E-state index is 11.5. The molecule has 6 heteroatoms. The number of hydrogen-bond donors (Lipinski definition) is 2. The van der Waals surface area contributed by atoms with Gasteiger partial charge in [-0.2, -0.15) is 0 Å². The van der Waals surface area contributed by atoms with Gasteiger partial charge in [0, 0.05) is 13.5 Å². The molecule has 0 saturated heterocycles. The zero-order valence-electron chi connectivity index (χ0n) is 9.88. The van der Waals surface area contributed by atoms with Gasteiger partial charge in [0.25, 0.3) is 0 Å². The number of carboxylic acids is 1. The molecule has 0 aliphatic carbocycles. The molecule has 0 aliphatic rings. The summed E-state index contributed by atoms with van der Waals surface area (Å²) < 4.78 is 1.76. The van der Waals surface area contributed by atoms with Crippen LogP contribution in [0.1, 0.15) is 12.8 Å². The number of carboxylic acid groups (broad SMARTS) is 1. The molecule has 2 N–H and O–H groups in total. The number of aliphatic carboxylic acids is 1. The third kappa shape index (κ3) is 2.48. The van der Waals surface area contributed by atoms with E-state index in [1.54, 1.807) is 11.6 Å². The minimum Gasteiger partial charge on any atom is -0.481 e. The maximum atomic E-state index is 11.5. The third-order valence-electron chi connectivity index (χ3n) is 2.60. The molecule has 0 unspecified atom stereocenters. The largest absolute Gasteiger partial charge is 0.481 e. The Morgan fingerprint density at radius 3 is 2.72 bits per heavy atom. The lowest BCUT2D eigenvalue weighted by Gasteiger charge is -2.03. The summed E-state index contributed by atoms with van der Waals surface area (Å²) in [5.41, 5.74) is 1.69. The first-order valence-electron chi connectivity index (χ1n) is 5.51. The Kier molecular flexibility index (Phi) is 3.27. The van der Waals surface area contributed by atoms with Gasteiger partial charge in [0.05, 0.1) is 17.5 Å². The first kappa shape index (κ1) is 12.1. The topological polar surface area (TPSA) is 84.2 Å². The van der Waals surface area contributed by atoms with E-state index in [0.29, 0.717) is 5.95 Å². The number of nitrogens with zero attached hydrogens (tertiary/aromatic N) is 2. The van der Waals surface area contributed by atoms with Gasteiger partial charge >= 0.3 is 5.97 Å². The van der Waals surface area contributed by atoms with Crippen LogP contribution in [0.5, 0.6) is 0 Å². The molecular formula is C12H13N3O3. The summed E-state index contributed by atoms with van der Waals surface area (Å²) in [4.78, 5) is 26.1. The normalized spacial score (nSPS) is 10.5. The number of aromatic nitrogens is 2. The Morgan fingerprint density at radius 1 is 1.33 bits per heavy atom. The minimum absolute atomic E-state index is 0.0570. The summed E-state index contributed by atoms with van der Waals surface area (Å²) >= 11 is 0. The van der Waals surface area contributed by atoms with Crippen molar-refractivity contribution in [1.29, 1.82) is 0 Å². The standard InChI is InChI=1S/C12H13N3O3/c1-15-9-5-3-2-4-8(9)13-12(15)14-10(16)6-7-11(17)18/h2-5H,6-7H2,1H3,(H,17,18)(H,13,14,16). The number of fused-ring (bicyclic) bond motifs is 1. The number of aryl methyl sites for hydroxylation is 1. The quantitative estimate of drug-likeness (QED) is 0.854. The van der Waals surface area contributed by atoms with Crippen molar-refractivity contribution in [2.24, 2.45) is 7.05 Å². The SMILES string of the molecule is Cn1c(NC(=O)CCC(=O)O)nc2ccccc21. The Hall–Kier alpha value is -2.37. The van der Waals surface area contributed by atoms with Crippen LogP contribution in [0.25, 0.3) is 11.0 Å². The Bertz CT molecular complexity index is 604. The molecule has 6 nitrogen and oxygen atoms in total. The number of anilines is 1. The van der Waals surface area contributed by atoms with E-state index in [4.69, 9.17) is 5.11 Å². The zero-order chi connectivity index (χ0) is 13.1. The fraction of sp³-hybridized carbons (Fsp3) is 0.250. The summed E-state index contributed by atoms with van der Waals surface area (Å²) in [5, 5.41) is 11.1. The van der Waals surface area contributed by atoms with E-state index in [1.807, 2.05) is 24.3 Å². The second kappa shape index (κ2) is 4.87. The molecule has 0 aliphatic heterocycles. The van der Waals surface area contributed by atoms with Crippen LogP contribution in [0.2, 0.25) is 0 Å². The molecule has 0 spiro atoms. The van der Waals surface area contributed by atoms with Crippen LogP contribution >= 0.6 is 0 Å². The molecule has 0 atom stereocenters. The van der Waals surface area contributed by atoms with E-state index in [2.05, 4.69) is 10.3 Å². The lowest BCUT2D eigenvalue weighted by molar-refractivity contribution is -0.138. The molecule has 2 aromatic rings. The van der Waals surface area contributed by atoms with E-state index in [1.165, 1.54) is 0 Å². The first-order valence-corrected chi connectivity index (χ1v) is 5.51. The zero-order valence-corrected chi connectivity index (χ0v) is 9.88. The van der Waals surface area contributed by atoms with Gasteiger partial charge < -0.3 is 9.67 Å². The van der Waals surface area contributed by atoms with Gasteiger partial charge in [-0.05, 0) is 12.1 Å². The molecule has 1 aromatic carbocycles. The number of nitrogens with one attached hydrogen (secondary N) is 1. The number of para-hydroxylation sites is 2. The van der Waals surface area contributed by atoms with Gasteiger partial charge in [0.1, 0.15) is 0 Å². The maximum Gasteiger partial charge on any atom is 0.303 e. The summed E-state index contributed by atoms with van der Waals surface area (Å²) in [6, 6.07) is 7.50. The average molecular weight is 247 g/mol. The number of amides is 1. The molecular weight excluding hydrogens is 234 g/mol. The molecule has 2 rings (SSSR count). The second-order valence-corrected chi connectivity index (χ2v) is 3.93. The lowest BCUT2D eigenvalue weighted by atomic mass is 10.3. The van der Waals surface area contributed by atoms with E-state index in [0.717, 1.165) is 11.0 Å². The second-order valence-electron chi connectivity index (χ2n) is 3.93. The van der Waals surface area contributed by atoms with Crippen LogP contribution in [-0.4, -0.2) is 26.5 Å². The molecule has 94 valence electrons. The summed E-state index contributed by atoms with van der Waals surface area (Å²) in [6.07, 6.45) is -0.242. The van der Waals surface area contributed by atoms with E-state index < -0.39 is 5.97 Å². The fourth-order valence-corrected chi connectivity index (χ4v) is 1.66. The van der Waals surface area contributed by atoms with E-state index in [-0.39, 0.29) is 18.7 Å². The number of carbonyl (C=O) groups excluding carboxylic acids is 1. The minimum atomic E-state index is -0.991. The number of hydrogen-bond acceptors (Lipinski definition) is 3. The van der Waals surface area contributed by atoms with Crippen LogP contribution in [0.4, 0.5) is 5.95 Å². The van der Waals surface area contributed by atoms with Gasteiger partial charge in [-0.25, -0.2) is 4.98 Å². The van der Waals surface area contributed by atoms with Crippen LogP contribution in [0, 0.1) is 0 Å². The van der Waals surface area contributed by atoms with Crippen molar-refractivity contribution < 1.29 is 14.7 Å². The lowest BCUT2D eigenvalue weighted by Crippen LogP contribution is -2.15. The van der Waals surface area contributed by atoms with Crippen molar-refractivity contribution in [3.05, 3.63) is 24.3 Å². The van der Waals surface area contributed by atoms with Crippen LogP contribution in [-0.2, 0) is 16.6 Å².